The Hall–Kier alpha value is -3.06. The van der Waals surface area contributed by atoms with Crippen molar-refractivity contribution in [3.05, 3.63) is 56.4 Å². The van der Waals surface area contributed by atoms with Gasteiger partial charge in [-0.15, -0.1) is 0 Å². The van der Waals surface area contributed by atoms with Gasteiger partial charge in [-0.2, -0.15) is 0 Å². The average Bonchev–Trinajstić information content (AvgIpc) is 3.24. The molecule has 3 rings (SSSR count). The number of hydrogen-bond donors (Lipinski definition) is 6. The molecule has 4 atom stereocenters. The van der Waals surface area contributed by atoms with Crippen LogP contribution in [0.2, 0.25) is 0 Å². The minimum atomic E-state index is -1.49. The highest BCUT2D eigenvalue weighted by Gasteiger charge is 2.43. The van der Waals surface area contributed by atoms with E-state index in [0.717, 1.165) is 28.2 Å². The Labute approximate surface area is 169 Å². The largest absolute Gasteiger partial charge is 0.394 e. The van der Waals surface area contributed by atoms with Gasteiger partial charge in [0, 0.05) is 30.9 Å². The summed E-state index contributed by atoms with van der Waals surface area (Å²) in [4.78, 5) is 45.2. The van der Waals surface area contributed by atoms with Gasteiger partial charge in [0.25, 0.3) is 5.56 Å². The van der Waals surface area contributed by atoms with Crippen molar-refractivity contribution >= 4 is 12.0 Å². The first-order chi connectivity index (χ1) is 14.3. The van der Waals surface area contributed by atoms with Crippen LogP contribution in [0, 0.1) is 6.92 Å². The molecule has 12 nitrogen and oxygen atoms in total. The maximum absolute atomic E-state index is 12.1. The Morgan fingerprint density at radius 2 is 2.13 bits per heavy atom. The van der Waals surface area contributed by atoms with Crippen molar-refractivity contribution in [1.29, 1.82) is 0 Å². The lowest BCUT2D eigenvalue weighted by atomic mass is 10.1. The van der Waals surface area contributed by atoms with E-state index in [-0.39, 0.29) is 5.56 Å². The second-order valence-corrected chi connectivity index (χ2v) is 6.82. The summed E-state index contributed by atoms with van der Waals surface area (Å²) in [5.74, 6) is -0.447. The first-order valence-electron chi connectivity index (χ1n) is 9.24. The number of aromatic amines is 2. The summed E-state index contributed by atoms with van der Waals surface area (Å²) in [6.07, 6.45) is 0.316. The van der Waals surface area contributed by atoms with E-state index >= 15 is 0 Å². The van der Waals surface area contributed by atoms with Crippen LogP contribution >= 0.6 is 0 Å². The molecule has 0 spiro atoms. The Balaban J connectivity index is 1.69. The standard InChI is InChI=1S/C18H23N5O7/c1-9-11(21-8-20-9)4-5-19-13(25)3-2-10-6-23(18(29)22-16(10)28)17-15(27)14(26)12(7-24)30-17/h2-3,6,8,12,14-15,17,24,26-27H,4-5,7H2,1H3,(H,19,25)(H,20,21)(H,22,28,29)/b3-2+/t12-,14?,15+,17-/m1/s1. The molecule has 3 heterocycles. The fourth-order valence-electron chi connectivity index (χ4n) is 3.10. The number of nitrogens with one attached hydrogen (secondary N) is 3. The zero-order valence-electron chi connectivity index (χ0n) is 16.1. The third kappa shape index (κ3) is 4.57. The zero-order valence-corrected chi connectivity index (χ0v) is 16.1. The van der Waals surface area contributed by atoms with Gasteiger partial charge in [-0.05, 0) is 13.0 Å². The van der Waals surface area contributed by atoms with E-state index in [4.69, 9.17) is 4.74 Å². The Morgan fingerprint density at radius 3 is 2.77 bits per heavy atom. The van der Waals surface area contributed by atoms with Gasteiger partial charge >= 0.3 is 5.69 Å². The number of aliphatic hydroxyl groups is 3. The molecular formula is C18H23N5O7. The Kier molecular flexibility index (Phi) is 6.62. The van der Waals surface area contributed by atoms with E-state index < -0.39 is 48.3 Å². The SMILES string of the molecule is Cc1nc[nH]c1CCNC(=O)/C=C/c1cn([C@@H]2O[C@H](CO)C(O)[C@@H]2O)c(=O)[nH]c1=O. The number of H-pyrrole nitrogens is 2. The van der Waals surface area contributed by atoms with E-state index in [9.17, 15) is 29.7 Å². The monoisotopic (exact) mass is 421 g/mol. The molecule has 162 valence electrons. The summed E-state index contributed by atoms with van der Waals surface area (Å²) in [5, 5.41) is 31.8. The Bertz CT molecular complexity index is 1040. The summed E-state index contributed by atoms with van der Waals surface area (Å²) < 4.78 is 6.19. The maximum Gasteiger partial charge on any atom is 0.330 e. The molecule has 2 aromatic heterocycles. The second-order valence-electron chi connectivity index (χ2n) is 6.82. The normalized spacial score (nSPS) is 23.9. The number of aromatic nitrogens is 4. The summed E-state index contributed by atoms with van der Waals surface area (Å²) in [5.41, 5.74) is 0.109. The fraction of sp³-hybridized carbons (Fsp3) is 0.444. The minimum absolute atomic E-state index is 0.0353. The van der Waals surface area contributed by atoms with Crippen molar-refractivity contribution in [3.8, 4) is 0 Å². The number of nitrogens with zero attached hydrogens (tertiary/aromatic N) is 2. The lowest BCUT2D eigenvalue weighted by molar-refractivity contribution is -0.116. The van der Waals surface area contributed by atoms with Crippen LogP contribution in [0.25, 0.3) is 6.08 Å². The van der Waals surface area contributed by atoms with Crippen LogP contribution in [0.5, 0.6) is 0 Å². The zero-order chi connectivity index (χ0) is 21.8. The molecule has 6 N–H and O–H groups in total. The van der Waals surface area contributed by atoms with E-state index in [0.29, 0.717) is 13.0 Å². The number of carbonyl (C=O) groups excluding carboxylic acids is 1. The number of rotatable bonds is 7. The molecule has 2 aromatic rings. The van der Waals surface area contributed by atoms with Gasteiger partial charge in [0.15, 0.2) is 6.23 Å². The highest BCUT2D eigenvalue weighted by Crippen LogP contribution is 2.28. The molecule has 1 aliphatic rings. The summed E-state index contributed by atoms with van der Waals surface area (Å²) in [6, 6.07) is 0. The van der Waals surface area contributed by atoms with Gasteiger partial charge in [0.05, 0.1) is 24.2 Å². The number of aryl methyl sites for hydroxylation is 1. The number of carbonyl (C=O) groups is 1. The van der Waals surface area contributed by atoms with Gasteiger partial charge in [-0.1, -0.05) is 0 Å². The molecule has 0 aliphatic carbocycles. The van der Waals surface area contributed by atoms with Crippen molar-refractivity contribution in [2.24, 2.45) is 0 Å². The molecule has 12 heteroatoms. The quantitative estimate of drug-likeness (QED) is 0.266. The fourth-order valence-corrected chi connectivity index (χ4v) is 3.10. The number of hydrogen-bond acceptors (Lipinski definition) is 8. The van der Waals surface area contributed by atoms with Gasteiger partial charge < -0.3 is 30.4 Å². The topological polar surface area (TPSA) is 183 Å². The van der Waals surface area contributed by atoms with Crippen LogP contribution in [-0.4, -0.2) is 72.2 Å². The average molecular weight is 421 g/mol. The molecule has 1 amide bonds. The lowest BCUT2D eigenvalue weighted by Gasteiger charge is -2.17. The van der Waals surface area contributed by atoms with Gasteiger partial charge in [-0.3, -0.25) is 19.1 Å². The van der Waals surface area contributed by atoms with E-state index in [1.54, 1.807) is 6.33 Å². The molecule has 1 fully saturated rings. The molecule has 1 unspecified atom stereocenters. The van der Waals surface area contributed by atoms with Crippen LogP contribution in [0.15, 0.2) is 28.2 Å². The summed E-state index contributed by atoms with van der Waals surface area (Å²) in [7, 11) is 0. The van der Waals surface area contributed by atoms with E-state index in [1.165, 1.54) is 6.08 Å². The predicted octanol–water partition coefficient (Wildman–Crippen LogP) is -2.45. The van der Waals surface area contributed by atoms with Crippen molar-refractivity contribution < 1.29 is 24.9 Å². The van der Waals surface area contributed by atoms with Crippen molar-refractivity contribution in [2.45, 2.75) is 37.9 Å². The summed E-state index contributed by atoms with van der Waals surface area (Å²) in [6.45, 7) is 1.64. The van der Waals surface area contributed by atoms with Crippen LogP contribution in [0.3, 0.4) is 0 Å². The summed E-state index contributed by atoms with van der Waals surface area (Å²) >= 11 is 0. The van der Waals surface area contributed by atoms with Gasteiger partial charge in [0.2, 0.25) is 5.91 Å². The molecule has 1 saturated heterocycles. The predicted molar refractivity (Wildman–Crippen MR) is 103 cm³/mol. The van der Waals surface area contributed by atoms with E-state index in [1.807, 2.05) is 6.92 Å². The lowest BCUT2D eigenvalue weighted by Crippen LogP contribution is -2.38. The maximum atomic E-state index is 12.1. The molecule has 1 aliphatic heterocycles. The second kappa shape index (κ2) is 9.17. The molecule has 0 radical (unpaired) electrons. The number of imidazole rings is 1. The number of ether oxygens (including phenoxy) is 1. The Morgan fingerprint density at radius 1 is 1.37 bits per heavy atom. The van der Waals surface area contributed by atoms with Crippen molar-refractivity contribution in [1.82, 2.24) is 24.8 Å². The van der Waals surface area contributed by atoms with Crippen LogP contribution in [0.4, 0.5) is 0 Å². The molecule has 0 saturated carbocycles. The highest BCUT2D eigenvalue weighted by atomic mass is 16.6. The number of aliphatic hydroxyl groups excluding tert-OH is 3. The van der Waals surface area contributed by atoms with Crippen LogP contribution in [0.1, 0.15) is 23.2 Å². The molecule has 30 heavy (non-hydrogen) atoms. The van der Waals surface area contributed by atoms with Crippen molar-refractivity contribution in [2.75, 3.05) is 13.2 Å². The number of amides is 1. The van der Waals surface area contributed by atoms with Crippen LogP contribution in [-0.2, 0) is 16.0 Å². The molecule has 0 bridgehead atoms. The molecular weight excluding hydrogens is 398 g/mol. The first kappa shape index (κ1) is 21.6. The van der Waals surface area contributed by atoms with Gasteiger partial charge in [-0.25, -0.2) is 9.78 Å². The third-order valence-corrected chi connectivity index (χ3v) is 4.81. The van der Waals surface area contributed by atoms with Crippen LogP contribution < -0.4 is 16.6 Å². The van der Waals surface area contributed by atoms with Gasteiger partial charge in [0.1, 0.15) is 18.3 Å². The van der Waals surface area contributed by atoms with Crippen molar-refractivity contribution in [3.63, 3.8) is 0 Å². The molecule has 0 aromatic carbocycles. The first-order valence-corrected chi connectivity index (χ1v) is 9.24. The highest BCUT2D eigenvalue weighted by molar-refractivity contribution is 5.91. The third-order valence-electron chi connectivity index (χ3n) is 4.81. The minimum Gasteiger partial charge on any atom is -0.394 e. The van der Waals surface area contributed by atoms with E-state index in [2.05, 4.69) is 20.3 Å². The smallest absolute Gasteiger partial charge is 0.330 e.